The third kappa shape index (κ3) is 3.57. The van der Waals surface area contributed by atoms with Crippen LogP contribution >= 0.6 is 15.9 Å². The predicted molar refractivity (Wildman–Crippen MR) is 78.8 cm³/mol. The summed E-state index contributed by atoms with van der Waals surface area (Å²) in [6, 6.07) is 8.07. The molecular weight excluding hydrogens is 306 g/mol. The van der Waals surface area contributed by atoms with Crippen molar-refractivity contribution in [1.29, 1.82) is 0 Å². The molecule has 1 amide bonds. The Morgan fingerprint density at radius 2 is 2.32 bits per heavy atom. The molecule has 4 heteroatoms. The largest absolute Gasteiger partial charge is 0.377 e. The SMILES string of the molecule is CCC1OCCC1C(=O)N(C)Cc1cccc(Br)c1. The number of hydrogen-bond donors (Lipinski definition) is 0. The predicted octanol–water partition coefficient (Wildman–Crippen LogP) is 3.22. The Morgan fingerprint density at radius 1 is 1.53 bits per heavy atom. The minimum Gasteiger partial charge on any atom is -0.377 e. The van der Waals surface area contributed by atoms with Crippen LogP contribution in [0, 0.1) is 5.92 Å². The zero-order chi connectivity index (χ0) is 13.8. The van der Waals surface area contributed by atoms with Gasteiger partial charge in [-0.1, -0.05) is 35.0 Å². The fraction of sp³-hybridized carbons (Fsp3) is 0.533. The zero-order valence-corrected chi connectivity index (χ0v) is 13.0. The van der Waals surface area contributed by atoms with Crippen LogP contribution in [0.5, 0.6) is 0 Å². The highest BCUT2D eigenvalue weighted by Crippen LogP contribution is 2.25. The number of nitrogens with zero attached hydrogens (tertiary/aromatic N) is 1. The second-order valence-corrected chi connectivity index (χ2v) is 5.95. The Kier molecular flexibility index (Phi) is 4.99. The third-order valence-corrected chi connectivity index (χ3v) is 4.11. The number of rotatable bonds is 4. The standard InChI is InChI=1S/C15H20BrNO2/c1-3-14-13(7-8-19-14)15(18)17(2)10-11-5-4-6-12(16)9-11/h4-6,9,13-14H,3,7-8,10H2,1-2H3. The monoisotopic (exact) mass is 325 g/mol. The first-order valence-corrected chi connectivity index (χ1v) is 7.52. The lowest BCUT2D eigenvalue weighted by Gasteiger charge is -2.24. The normalized spacial score (nSPS) is 22.5. The number of hydrogen-bond acceptors (Lipinski definition) is 2. The van der Waals surface area contributed by atoms with Crippen LogP contribution in [0.25, 0.3) is 0 Å². The fourth-order valence-corrected chi connectivity index (χ4v) is 3.05. The van der Waals surface area contributed by atoms with E-state index in [-0.39, 0.29) is 17.9 Å². The van der Waals surface area contributed by atoms with Crippen LogP contribution in [0.1, 0.15) is 25.3 Å². The number of ether oxygens (including phenoxy) is 1. The maximum Gasteiger partial charge on any atom is 0.228 e. The lowest BCUT2D eigenvalue weighted by Crippen LogP contribution is -2.36. The average Bonchev–Trinajstić information content (AvgIpc) is 2.86. The van der Waals surface area contributed by atoms with Gasteiger partial charge < -0.3 is 9.64 Å². The number of benzene rings is 1. The van der Waals surface area contributed by atoms with Gasteiger partial charge in [-0.15, -0.1) is 0 Å². The summed E-state index contributed by atoms with van der Waals surface area (Å²) in [5.74, 6) is 0.228. The molecule has 0 saturated carbocycles. The summed E-state index contributed by atoms with van der Waals surface area (Å²) in [7, 11) is 1.87. The first kappa shape index (κ1) is 14.5. The summed E-state index contributed by atoms with van der Waals surface area (Å²) >= 11 is 3.45. The molecule has 1 heterocycles. The third-order valence-electron chi connectivity index (χ3n) is 3.61. The number of halogens is 1. The van der Waals surface area contributed by atoms with E-state index < -0.39 is 0 Å². The van der Waals surface area contributed by atoms with Crippen LogP contribution in [0.15, 0.2) is 28.7 Å². The molecule has 0 radical (unpaired) electrons. The smallest absolute Gasteiger partial charge is 0.228 e. The van der Waals surface area contributed by atoms with Crippen molar-refractivity contribution in [3.63, 3.8) is 0 Å². The molecule has 2 rings (SSSR count). The van der Waals surface area contributed by atoms with Gasteiger partial charge in [0.15, 0.2) is 0 Å². The summed E-state index contributed by atoms with van der Waals surface area (Å²) in [4.78, 5) is 14.2. The van der Waals surface area contributed by atoms with Crippen LogP contribution < -0.4 is 0 Å². The van der Waals surface area contributed by atoms with E-state index in [4.69, 9.17) is 4.74 Å². The van der Waals surface area contributed by atoms with Gasteiger partial charge in [-0.05, 0) is 30.5 Å². The molecule has 0 N–H and O–H groups in total. The summed E-state index contributed by atoms with van der Waals surface area (Å²) in [5.41, 5.74) is 1.14. The molecule has 3 nitrogen and oxygen atoms in total. The Morgan fingerprint density at radius 3 is 3.00 bits per heavy atom. The highest BCUT2D eigenvalue weighted by molar-refractivity contribution is 9.10. The molecule has 0 bridgehead atoms. The highest BCUT2D eigenvalue weighted by Gasteiger charge is 2.34. The molecule has 0 aliphatic carbocycles. The lowest BCUT2D eigenvalue weighted by molar-refractivity contribution is -0.136. The minimum atomic E-state index is 0.0298. The van der Waals surface area contributed by atoms with Gasteiger partial charge in [0.1, 0.15) is 0 Å². The molecule has 1 saturated heterocycles. The van der Waals surface area contributed by atoms with Crippen molar-refractivity contribution in [2.45, 2.75) is 32.4 Å². The Hall–Kier alpha value is -0.870. The Bertz CT molecular complexity index is 450. The van der Waals surface area contributed by atoms with Gasteiger partial charge >= 0.3 is 0 Å². The van der Waals surface area contributed by atoms with Crippen LogP contribution in [-0.2, 0) is 16.1 Å². The van der Waals surface area contributed by atoms with Crippen molar-refractivity contribution < 1.29 is 9.53 Å². The van der Waals surface area contributed by atoms with Crippen LogP contribution in [-0.4, -0.2) is 30.6 Å². The van der Waals surface area contributed by atoms with Crippen molar-refractivity contribution in [2.24, 2.45) is 5.92 Å². The quantitative estimate of drug-likeness (QED) is 0.850. The summed E-state index contributed by atoms with van der Waals surface area (Å²) in [6.45, 7) is 3.43. The van der Waals surface area contributed by atoms with Gasteiger partial charge in [-0.2, -0.15) is 0 Å². The minimum absolute atomic E-state index is 0.0298. The van der Waals surface area contributed by atoms with E-state index in [9.17, 15) is 4.79 Å². The van der Waals surface area contributed by atoms with Crippen molar-refractivity contribution >= 4 is 21.8 Å². The second-order valence-electron chi connectivity index (χ2n) is 5.04. The van der Waals surface area contributed by atoms with E-state index in [1.165, 1.54) is 0 Å². The van der Waals surface area contributed by atoms with Gasteiger partial charge in [0.25, 0.3) is 0 Å². The van der Waals surface area contributed by atoms with E-state index >= 15 is 0 Å². The molecule has 0 spiro atoms. The summed E-state index contributed by atoms with van der Waals surface area (Å²) in [6.07, 6.45) is 1.85. The maximum absolute atomic E-state index is 12.4. The molecule has 19 heavy (non-hydrogen) atoms. The first-order chi connectivity index (χ1) is 9.11. The van der Waals surface area contributed by atoms with Gasteiger partial charge in [0, 0.05) is 24.7 Å². The van der Waals surface area contributed by atoms with Crippen LogP contribution in [0.2, 0.25) is 0 Å². The van der Waals surface area contributed by atoms with E-state index in [2.05, 4.69) is 22.9 Å². The summed E-state index contributed by atoms with van der Waals surface area (Å²) in [5, 5.41) is 0. The van der Waals surface area contributed by atoms with Gasteiger partial charge in [-0.3, -0.25) is 4.79 Å². The molecule has 2 atom stereocenters. The number of carbonyl (C=O) groups excluding carboxylic acids is 1. The number of amides is 1. The number of carbonyl (C=O) groups is 1. The summed E-state index contributed by atoms with van der Waals surface area (Å²) < 4.78 is 6.64. The fourth-order valence-electron chi connectivity index (χ4n) is 2.60. The lowest BCUT2D eigenvalue weighted by atomic mass is 9.98. The topological polar surface area (TPSA) is 29.5 Å². The zero-order valence-electron chi connectivity index (χ0n) is 11.4. The first-order valence-electron chi connectivity index (χ1n) is 6.73. The molecule has 1 aromatic carbocycles. The second kappa shape index (κ2) is 6.53. The molecule has 0 aromatic heterocycles. The van der Waals surface area contributed by atoms with E-state index in [1.54, 1.807) is 0 Å². The van der Waals surface area contributed by atoms with Crippen LogP contribution in [0.4, 0.5) is 0 Å². The average molecular weight is 326 g/mol. The van der Waals surface area contributed by atoms with Crippen molar-refractivity contribution in [3.8, 4) is 0 Å². The van der Waals surface area contributed by atoms with Crippen molar-refractivity contribution in [2.75, 3.05) is 13.7 Å². The molecule has 2 unspecified atom stereocenters. The van der Waals surface area contributed by atoms with E-state index in [1.807, 2.05) is 36.2 Å². The van der Waals surface area contributed by atoms with Gasteiger partial charge in [0.2, 0.25) is 5.91 Å². The molecule has 1 fully saturated rings. The highest BCUT2D eigenvalue weighted by atomic mass is 79.9. The van der Waals surface area contributed by atoms with Crippen molar-refractivity contribution in [3.05, 3.63) is 34.3 Å². The van der Waals surface area contributed by atoms with E-state index in [0.717, 1.165) is 22.9 Å². The van der Waals surface area contributed by atoms with Gasteiger partial charge in [0.05, 0.1) is 12.0 Å². The molecular formula is C15H20BrNO2. The van der Waals surface area contributed by atoms with E-state index in [0.29, 0.717) is 13.2 Å². The van der Waals surface area contributed by atoms with Crippen LogP contribution in [0.3, 0.4) is 0 Å². The van der Waals surface area contributed by atoms with Gasteiger partial charge in [-0.25, -0.2) is 0 Å². The molecule has 1 aliphatic heterocycles. The molecule has 1 aromatic rings. The Balaban J connectivity index is 1.99. The Labute approximate surface area is 123 Å². The molecule has 1 aliphatic rings. The maximum atomic E-state index is 12.4. The van der Waals surface area contributed by atoms with Crippen molar-refractivity contribution in [1.82, 2.24) is 4.90 Å². The molecule has 104 valence electrons.